The van der Waals surface area contributed by atoms with Crippen LogP contribution in [0, 0.1) is 11.8 Å². The Kier molecular flexibility index (Phi) is 4.89. The Hall–Kier alpha value is -3.39. The smallest absolute Gasteiger partial charge is 0.407 e. The van der Waals surface area contributed by atoms with Crippen molar-refractivity contribution in [2.24, 2.45) is 11.8 Å². The summed E-state index contributed by atoms with van der Waals surface area (Å²) in [4.78, 5) is 36.9. The molecule has 1 saturated heterocycles. The van der Waals surface area contributed by atoms with Crippen LogP contribution in [0.25, 0.3) is 11.1 Å². The summed E-state index contributed by atoms with van der Waals surface area (Å²) in [6.07, 6.45) is 0.110. The fourth-order valence-electron chi connectivity index (χ4n) is 4.75. The predicted molar refractivity (Wildman–Crippen MR) is 114 cm³/mol. The van der Waals surface area contributed by atoms with Crippen LogP contribution in [0.5, 0.6) is 0 Å². The number of aliphatic carboxylic acids is 1. The Balaban J connectivity index is 1.10. The van der Waals surface area contributed by atoms with E-state index in [1.54, 1.807) is 0 Å². The Morgan fingerprint density at radius 1 is 1.03 bits per heavy atom. The number of fused-ring (bicyclic) bond motifs is 3. The van der Waals surface area contributed by atoms with Crippen molar-refractivity contribution in [1.29, 1.82) is 0 Å². The van der Waals surface area contributed by atoms with Gasteiger partial charge in [-0.05, 0) is 34.6 Å². The number of benzene rings is 2. The second-order valence-electron chi connectivity index (χ2n) is 8.84. The van der Waals surface area contributed by atoms with Gasteiger partial charge < -0.3 is 25.2 Å². The van der Waals surface area contributed by atoms with E-state index in [0.29, 0.717) is 13.0 Å². The molecule has 166 valence electrons. The number of hydrogen-bond acceptors (Lipinski definition) is 5. The van der Waals surface area contributed by atoms with Crippen molar-refractivity contribution in [3.8, 4) is 11.1 Å². The first-order chi connectivity index (χ1) is 15.4. The van der Waals surface area contributed by atoms with Crippen LogP contribution < -0.4 is 5.32 Å². The van der Waals surface area contributed by atoms with E-state index in [-0.39, 0.29) is 43.4 Å². The van der Waals surface area contributed by atoms with Crippen LogP contribution in [0.4, 0.5) is 4.79 Å². The SMILES string of the molecule is O=C(NC[C@H]1C[C@H]1C(=O)N1CC(O)(C(=O)O)C1)OCC1c2ccccc2-c2ccccc21. The molecule has 2 amide bonds. The van der Waals surface area contributed by atoms with Crippen LogP contribution in [-0.2, 0) is 14.3 Å². The van der Waals surface area contributed by atoms with Crippen LogP contribution in [-0.4, -0.2) is 64.9 Å². The maximum absolute atomic E-state index is 12.4. The third-order valence-corrected chi connectivity index (χ3v) is 6.71. The van der Waals surface area contributed by atoms with Gasteiger partial charge in [0.2, 0.25) is 5.91 Å². The molecule has 3 N–H and O–H groups in total. The van der Waals surface area contributed by atoms with Gasteiger partial charge in [0.25, 0.3) is 0 Å². The summed E-state index contributed by atoms with van der Waals surface area (Å²) in [5, 5.41) is 21.4. The fraction of sp³-hybridized carbons (Fsp3) is 0.375. The van der Waals surface area contributed by atoms with Gasteiger partial charge in [0, 0.05) is 18.4 Å². The third-order valence-electron chi connectivity index (χ3n) is 6.71. The second-order valence-corrected chi connectivity index (χ2v) is 8.84. The number of carbonyl (C=O) groups excluding carboxylic acids is 2. The van der Waals surface area contributed by atoms with E-state index in [9.17, 15) is 19.5 Å². The lowest BCUT2D eigenvalue weighted by atomic mass is 9.94. The summed E-state index contributed by atoms with van der Waals surface area (Å²) in [5.74, 6) is -1.74. The lowest BCUT2D eigenvalue weighted by Gasteiger charge is -2.43. The van der Waals surface area contributed by atoms with Crippen molar-refractivity contribution >= 4 is 18.0 Å². The summed E-state index contributed by atoms with van der Waals surface area (Å²) in [6, 6.07) is 16.2. The Morgan fingerprint density at radius 2 is 1.62 bits per heavy atom. The molecule has 0 unspecified atom stereocenters. The number of likely N-dealkylation sites (tertiary alicyclic amines) is 1. The number of carbonyl (C=O) groups is 3. The van der Waals surface area contributed by atoms with Crippen LogP contribution in [0.15, 0.2) is 48.5 Å². The van der Waals surface area contributed by atoms with E-state index in [1.807, 2.05) is 24.3 Å². The minimum Gasteiger partial charge on any atom is -0.479 e. The van der Waals surface area contributed by atoms with Gasteiger partial charge in [-0.3, -0.25) is 4.79 Å². The number of nitrogens with zero attached hydrogens (tertiary/aromatic N) is 1. The second kappa shape index (κ2) is 7.63. The Morgan fingerprint density at radius 3 is 2.22 bits per heavy atom. The average Bonchev–Trinajstić information content (AvgIpc) is 3.48. The van der Waals surface area contributed by atoms with Crippen molar-refractivity contribution in [3.63, 3.8) is 0 Å². The maximum Gasteiger partial charge on any atom is 0.407 e. The normalized spacial score (nSPS) is 22.3. The van der Waals surface area contributed by atoms with Crippen LogP contribution in [0.3, 0.4) is 0 Å². The predicted octanol–water partition coefficient (Wildman–Crippen LogP) is 1.82. The molecule has 0 radical (unpaired) electrons. The summed E-state index contributed by atoms with van der Waals surface area (Å²) in [6.45, 7) is 0.174. The summed E-state index contributed by atoms with van der Waals surface area (Å²) < 4.78 is 5.50. The number of rotatable bonds is 6. The van der Waals surface area contributed by atoms with Crippen LogP contribution in [0.1, 0.15) is 23.5 Å². The highest BCUT2D eigenvalue weighted by Crippen LogP contribution is 2.44. The number of ether oxygens (including phenoxy) is 1. The zero-order valence-corrected chi connectivity index (χ0v) is 17.4. The van der Waals surface area contributed by atoms with Gasteiger partial charge in [0.1, 0.15) is 6.61 Å². The van der Waals surface area contributed by atoms with Gasteiger partial charge in [-0.1, -0.05) is 48.5 Å². The number of β-amino-alcohol motifs (C(OH)–C–C–N with tert-alkyl or cyclic N) is 1. The number of carboxylic acid groups (broad SMARTS) is 1. The quantitative estimate of drug-likeness (QED) is 0.636. The molecule has 32 heavy (non-hydrogen) atoms. The van der Waals surface area contributed by atoms with Gasteiger partial charge >= 0.3 is 12.1 Å². The number of aliphatic hydroxyl groups is 1. The standard InChI is InChI=1S/C24H24N2O6/c27-21(26-12-24(31,13-26)22(28)29)19-9-14(19)10-25-23(30)32-11-20-17-7-3-1-5-15(17)16-6-2-4-8-18(16)20/h1-8,14,19-20,31H,9-13H2,(H,25,30)(H,28,29)/t14-,19-/m1/s1. The molecule has 8 heteroatoms. The van der Waals surface area contributed by atoms with Crippen molar-refractivity contribution in [2.45, 2.75) is 17.9 Å². The molecule has 0 aromatic heterocycles. The highest BCUT2D eigenvalue weighted by molar-refractivity contribution is 5.87. The summed E-state index contributed by atoms with van der Waals surface area (Å²) in [7, 11) is 0. The molecule has 0 bridgehead atoms. The van der Waals surface area contributed by atoms with Crippen LogP contribution >= 0.6 is 0 Å². The largest absolute Gasteiger partial charge is 0.479 e. The minimum atomic E-state index is -1.83. The first kappa shape index (κ1) is 20.5. The molecule has 2 aliphatic carbocycles. The molecule has 0 spiro atoms. The van der Waals surface area contributed by atoms with E-state index < -0.39 is 17.7 Å². The van der Waals surface area contributed by atoms with E-state index in [1.165, 1.54) is 4.90 Å². The fourth-order valence-corrected chi connectivity index (χ4v) is 4.75. The first-order valence-electron chi connectivity index (χ1n) is 10.7. The molecule has 2 aromatic rings. The van der Waals surface area contributed by atoms with Crippen molar-refractivity contribution < 1.29 is 29.3 Å². The zero-order valence-electron chi connectivity index (χ0n) is 17.4. The number of amides is 2. The molecule has 1 saturated carbocycles. The molecule has 8 nitrogen and oxygen atoms in total. The number of alkyl carbamates (subject to hydrolysis) is 1. The van der Waals surface area contributed by atoms with Crippen molar-refractivity contribution in [2.75, 3.05) is 26.2 Å². The number of carboxylic acids is 1. The molecular formula is C24H24N2O6. The number of nitrogens with one attached hydrogen (secondary N) is 1. The molecule has 3 aliphatic rings. The molecule has 2 atom stereocenters. The van der Waals surface area contributed by atoms with E-state index in [4.69, 9.17) is 9.84 Å². The Labute approximate surface area is 184 Å². The summed E-state index contributed by atoms with van der Waals surface area (Å²) in [5.41, 5.74) is 2.78. The topological polar surface area (TPSA) is 116 Å². The Bertz CT molecular complexity index is 1050. The average molecular weight is 436 g/mol. The maximum atomic E-state index is 12.4. The van der Waals surface area contributed by atoms with Gasteiger partial charge in [0.05, 0.1) is 13.1 Å². The van der Waals surface area contributed by atoms with Gasteiger partial charge in [-0.25, -0.2) is 9.59 Å². The van der Waals surface area contributed by atoms with Gasteiger partial charge in [-0.15, -0.1) is 0 Å². The number of hydrogen-bond donors (Lipinski definition) is 3. The molecule has 1 aliphatic heterocycles. The minimum absolute atomic E-state index is 0.00139. The lowest BCUT2D eigenvalue weighted by Crippen LogP contribution is -2.67. The summed E-state index contributed by atoms with van der Waals surface area (Å²) >= 11 is 0. The van der Waals surface area contributed by atoms with E-state index in [2.05, 4.69) is 29.6 Å². The third kappa shape index (κ3) is 3.50. The van der Waals surface area contributed by atoms with Crippen molar-refractivity contribution in [3.05, 3.63) is 59.7 Å². The lowest BCUT2D eigenvalue weighted by molar-refractivity contribution is -0.182. The first-order valence-corrected chi connectivity index (χ1v) is 10.7. The highest BCUT2D eigenvalue weighted by Gasteiger charge is 2.54. The van der Waals surface area contributed by atoms with E-state index >= 15 is 0 Å². The molecule has 2 fully saturated rings. The molecule has 1 heterocycles. The van der Waals surface area contributed by atoms with Gasteiger partial charge in [0.15, 0.2) is 5.60 Å². The monoisotopic (exact) mass is 436 g/mol. The zero-order chi connectivity index (χ0) is 22.5. The highest BCUT2D eigenvalue weighted by atomic mass is 16.5. The van der Waals surface area contributed by atoms with Crippen molar-refractivity contribution in [1.82, 2.24) is 10.2 Å². The molecule has 2 aromatic carbocycles. The van der Waals surface area contributed by atoms with Crippen LogP contribution in [0.2, 0.25) is 0 Å². The van der Waals surface area contributed by atoms with E-state index in [0.717, 1.165) is 22.3 Å². The molecule has 5 rings (SSSR count). The van der Waals surface area contributed by atoms with Gasteiger partial charge in [-0.2, -0.15) is 0 Å². The molecular weight excluding hydrogens is 412 g/mol.